The van der Waals surface area contributed by atoms with Crippen LogP contribution in [-0.2, 0) is 37.1 Å². The second-order valence-electron chi connectivity index (χ2n) is 9.42. The molecule has 16 nitrogen and oxygen atoms in total. The van der Waals surface area contributed by atoms with E-state index in [1.807, 2.05) is 6.07 Å². The van der Waals surface area contributed by atoms with Crippen LogP contribution in [0.2, 0.25) is 0 Å². The maximum absolute atomic E-state index is 13.2. The lowest BCUT2D eigenvalue weighted by molar-refractivity contribution is -0.664. The lowest BCUT2D eigenvalue weighted by atomic mass is 10.0. The minimum Gasteiger partial charge on any atom is -0.543 e. The number of β-lactam (4-membered cyclic amide) rings is 1. The van der Waals surface area contributed by atoms with Gasteiger partial charge in [0.05, 0.1) is 17.9 Å². The molecule has 18 heteroatoms. The first-order chi connectivity index (χ1) is 20.1. The number of aliphatic carboxylic acids is 1. The minimum atomic E-state index is -1.51. The first-order valence-electron chi connectivity index (χ1n) is 12.6. The molecule has 0 aliphatic carbocycles. The fourth-order valence-corrected chi connectivity index (χ4v) is 6.24. The van der Waals surface area contributed by atoms with Crippen LogP contribution in [-0.4, -0.2) is 96.0 Å². The van der Waals surface area contributed by atoms with E-state index in [9.17, 15) is 24.3 Å². The van der Waals surface area contributed by atoms with Crippen molar-refractivity contribution in [2.24, 2.45) is 5.16 Å². The number of oxime groups is 1. The highest BCUT2D eigenvalue weighted by atomic mass is 32.2. The first kappa shape index (κ1) is 28.9. The molecule has 3 aromatic rings. The van der Waals surface area contributed by atoms with E-state index in [0.29, 0.717) is 16.7 Å². The highest BCUT2D eigenvalue weighted by molar-refractivity contribution is 8.00. The number of fused-ring (bicyclic) bond motifs is 2. The van der Waals surface area contributed by atoms with Crippen LogP contribution in [0.3, 0.4) is 0 Å². The number of amides is 3. The normalized spacial score (nSPS) is 18.5. The van der Waals surface area contributed by atoms with Gasteiger partial charge < -0.3 is 30.7 Å². The summed E-state index contributed by atoms with van der Waals surface area (Å²) >= 11 is 2.17. The second-order valence-corrected chi connectivity index (χ2v) is 11.3. The molecule has 2 atom stereocenters. The number of carbonyl (C=O) groups excluding carboxylic acids is 4. The van der Waals surface area contributed by atoms with Gasteiger partial charge in [-0.3, -0.25) is 23.9 Å². The predicted molar refractivity (Wildman–Crippen MR) is 148 cm³/mol. The number of carbonyl (C=O) groups is 4. The van der Waals surface area contributed by atoms with Crippen LogP contribution >= 0.6 is 23.3 Å². The summed E-state index contributed by atoms with van der Waals surface area (Å²) in [5.74, 6) is -2.81. The van der Waals surface area contributed by atoms with Crippen LogP contribution in [0.4, 0.5) is 5.13 Å². The largest absolute Gasteiger partial charge is 0.543 e. The molecule has 3 aromatic heterocycles. The Morgan fingerprint density at radius 2 is 2.14 bits per heavy atom. The zero-order valence-corrected chi connectivity index (χ0v) is 24.3. The molecule has 0 bridgehead atoms. The summed E-state index contributed by atoms with van der Waals surface area (Å²) in [6.07, 6.45) is 3.29. The number of nitrogens with zero attached hydrogens (tertiary/aromatic N) is 8. The third-order valence-electron chi connectivity index (χ3n) is 6.50. The molecule has 0 spiro atoms. The molecule has 0 radical (unpaired) electrons. The van der Waals surface area contributed by atoms with Crippen LogP contribution < -0.4 is 20.7 Å². The average Bonchev–Trinajstić information content (AvgIpc) is 3.58. The Labute approximate surface area is 247 Å². The number of likely N-dealkylation sites (N-methyl/N-ethyl adjacent to an activating group) is 1. The second kappa shape index (κ2) is 11.7. The van der Waals surface area contributed by atoms with Crippen molar-refractivity contribution in [1.29, 1.82) is 0 Å². The van der Waals surface area contributed by atoms with E-state index in [-0.39, 0.29) is 53.7 Å². The summed E-state index contributed by atoms with van der Waals surface area (Å²) in [5, 5.41) is 18.1. The molecule has 0 aromatic carbocycles. The summed E-state index contributed by atoms with van der Waals surface area (Å²) in [4.78, 5) is 66.8. The molecule has 2 unspecified atom stereocenters. The smallest absolute Gasteiger partial charge is 0.349 e. The van der Waals surface area contributed by atoms with Crippen molar-refractivity contribution in [3.63, 3.8) is 0 Å². The number of carboxylic acids is 1. The first-order valence-corrected chi connectivity index (χ1v) is 14.4. The molecule has 3 amide bonds. The number of hydrogen-bond donors (Lipinski definition) is 2. The number of pyridine rings is 1. The maximum atomic E-state index is 13.2. The van der Waals surface area contributed by atoms with Crippen molar-refractivity contribution in [1.82, 2.24) is 34.0 Å². The molecule has 2 aliphatic rings. The van der Waals surface area contributed by atoms with Gasteiger partial charge in [-0.25, -0.2) is 4.57 Å². The zero-order valence-electron chi connectivity index (χ0n) is 22.7. The zero-order chi connectivity index (χ0) is 30.1. The number of rotatable bonds is 10. The van der Waals surface area contributed by atoms with E-state index in [2.05, 4.69) is 24.8 Å². The Kier molecular flexibility index (Phi) is 8.08. The highest BCUT2D eigenvalue weighted by Crippen LogP contribution is 2.40. The van der Waals surface area contributed by atoms with Gasteiger partial charge in [0.25, 0.3) is 11.8 Å². The molecule has 1 fully saturated rings. The molecule has 220 valence electrons. The quantitative estimate of drug-likeness (QED) is 0.107. The van der Waals surface area contributed by atoms with Gasteiger partial charge in [0, 0.05) is 37.0 Å². The van der Waals surface area contributed by atoms with Crippen molar-refractivity contribution in [3.8, 4) is 0 Å². The minimum absolute atomic E-state index is 0.0549. The van der Waals surface area contributed by atoms with Crippen LogP contribution in [0, 0.1) is 0 Å². The lowest BCUT2D eigenvalue weighted by Gasteiger charge is -2.50. The van der Waals surface area contributed by atoms with E-state index < -0.39 is 29.2 Å². The fourth-order valence-electron chi connectivity index (χ4n) is 4.47. The van der Waals surface area contributed by atoms with Gasteiger partial charge >= 0.3 is 5.65 Å². The molecule has 5 heterocycles. The molecule has 2 aliphatic heterocycles. The topological polar surface area (TPSA) is 205 Å². The van der Waals surface area contributed by atoms with Gasteiger partial charge in [-0.15, -0.1) is 11.8 Å². The summed E-state index contributed by atoms with van der Waals surface area (Å²) in [6.45, 7) is 2.06. The predicted octanol–water partition coefficient (Wildman–Crippen LogP) is -2.31. The van der Waals surface area contributed by atoms with E-state index in [0.717, 1.165) is 16.4 Å². The molecule has 3 N–H and O–H groups in total. The van der Waals surface area contributed by atoms with Gasteiger partial charge in [0.1, 0.15) is 36.6 Å². The number of thioether (sulfide) groups is 1. The van der Waals surface area contributed by atoms with E-state index in [4.69, 9.17) is 10.6 Å². The van der Waals surface area contributed by atoms with E-state index in [1.54, 1.807) is 48.7 Å². The Morgan fingerprint density at radius 3 is 2.81 bits per heavy atom. The number of nitrogens with two attached hydrogens (primary N) is 1. The number of nitrogen functional groups attached to an aromatic ring is 1. The number of aromatic nitrogens is 5. The monoisotopic (exact) mass is 614 g/mol. The van der Waals surface area contributed by atoms with Crippen LogP contribution in [0.1, 0.15) is 12.7 Å². The number of imidazole rings is 1. The Bertz CT molecular complexity index is 1650. The molecule has 42 heavy (non-hydrogen) atoms. The summed E-state index contributed by atoms with van der Waals surface area (Å²) in [6, 6.07) is 2.56. The number of anilines is 1. The highest BCUT2D eigenvalue weighted by Gasteiger charge is 2.53. The van der Waals surface area contributed by atoms with Crippen molar-refractivity contribution >= 4 is 69.0 Å². The van der Waals surface area contributed by atoms with Gasteiger partial charge in [0.2, 0.25) is 23.8 Å². The Balaban J connectivity index is 1.37. The van der Waals surface area contributed by atoms with Crippen molar-refractivity contribution < 1.29 is 33.7 Å². The van der Waals surface area contributed by atoms with E-state index >= 15 is 0 Å². The third-order valence-corrected chi connectivity index (χ3v) is 8.38. The van der Waals surface area contributed by atoms with Crippen molar-refractivity contribution in [3.05, 3.63) is 41.8 Å². The van der Waals surface area contributed by atoms with Crippen LogP contribution in [0.5, 0.6) is 0 Å². The lowest BCUT2D eigenvalue weighted by Crippen LogP contribution is -2.71. The van der Waals surface area contributed by atoms with Crippen LogP contribution in [0.25, 0.3) is 11.2 Å². The molecule has 1 saturated heterocycles. The standard InChI is InChI=1S/C24H26N10O6S2/c1-4-40-29-15(18-28-24(25)42-30-18)20(36)27-16-21(37)34-17(23(38)39)12(10-41-22(16)34)8-32-7-5-6-13-19(32)26-11-33(13)9-14(35)31(2)3/h5-7,11,16,22H,4,8-10H2,1-3H3,(H3-,25,27,28,30,36,38,39)/b29-15-. The van der Waals surface area contributed by atoms with Gasteiger partial charge in [-0.05, 0) is 24.0 Å². The summed E-state index contributed by atoms with van der Waals surface area (Å²) in [7, 11) is 3.33. The SMILES string of the molecule is CCO/N=C(\C(=O)NC1C(=O)N2C(C(=O)[O-])=C(C[n+]3cccc4c3ncn4CC(=O)N(C)C)CSC12)c1nsc(N)n1. The molecule has 0 saturated carbocycles. The summed E-state index contributed by atoms with van der Waals surface area (Å²) < 4.78 is 7.44. The summed E-state index contributed by atoms with van der Waals surface area (Å²) in [5.41, 5.74) is 6.79. The number of hydrogen-bond acceptors (Lipinski definition) is 13. The Morgan fingerprint density at radius 1 is 1.36 bits per heavy atom. The molecule has 5 rings (SSSR count). The third kappa shape index (κ3) is 5.37. The van der Waals surface area contributed by atoms with Crippen molar-refractivity contribution in [2.75, 3.05) is 32.2 Å². The number of nitrogens with one attached hydrogen (secondary N) is 1. The van der Waals surface area contributed by atoms with Gasteiger partial charge in [-0.2, -0.15) is 9.36 Å². The van der Waals surface area contributed by atoms with Crippen molar-refractivity contribution in [2.45, 2.75) is 31.4 Å². The maximum Gasteiger partial charge on any atom is 0.349 e. The molecular weight excluding hydrogens is 588 g/mol. The molecular formula is C24H26N10O6S2. The van der Waals surface area contributed by atoms with E-state index in [1.165, 1.54) is 16.7 Å². The average molecular weight is 615 g/mol. The van der Waals surface area contributed by atoms with Gasteiger partial charge in [0.15, 0.2) is 5.13 Å². The fraction of sp³-hybridized carbons (Fsp3) is 0.375. The van der Waals surface area contributed by atoms with Gasteiger partial charge in [-0.1, -0.05) is 5.16 Å². The van der Waals surface area contributed by atoms with Crippen LogP contribution in [0.15, 0.2) is 41.1 Å². The number of carboxylic acid groups (broad SMARTS) is 1. The Hall–Kier alpha value is -4.58.